The third kappa shape index (κ3) is 5.96. The van der Waals surface area contributed by atoms with E-state index in [1.165, 1.54) is 33.0 Å². The molecule has 2 aliphatic rings. The number of fused-ring (bicyclic) bond motifs is 1. The van der Waals surface area contributed by atoms with Crippen molar-refractivity contribution in [2.75, 3.05) is 17.3 Å². The zero-order chi connectivity index (χ0) is 26.5. The number of carbonyl (C=O) groups excluding carboxylic acids is 2. The molecule has 14 heteroatoms. The van der Waals surface area contributed by atoms with E-state index in [9.17, 15) is 29.4 Å². The van der Waals surface area contributed by atoms with Gasteiger partial charge in [-0.05, 0) is 24.1 Å². The Morgan fingerprint density at radius 1 is 1.19 bits per heavy atom. The molecule has 2 atom stereocenters. The molecular weight excluding hydrogens is 538 g/mol. The van der Waals surface area contributed by atoms with Crippen LogP contribution in [0.2, 0.25) is 0 Å². The number of hydrogen-bond donors (Lipinski definition) is 3. The molecule has 0 aliphatic carbocycles. The van der Waals surface area contributed by atoms with Gasteiger partial charge >= 0.3 is 11.5 Å². The minimum Gasteiger partial charge on any atom is -0.488 e. The van der Waals surface area contributed by atoms with Crippen molar-refractivity contribution in [1.29, 1.82) is 0 Å². The highest BCUT2D eigenvalue weighted by Crippen LogP contribution is 2.41. The summed E-state index contributed by atoms with van der Waals surface area (Å²) in [6.07, 6.45) is 1.52. The lowest BCUT2D eigenvalue weighted by atomic mass is 10.0. The molecular formula is C23H25N5O6S3. The van der Waals surface area contributed by atoms with Crippen LogP contribution >= 0.6 is 35.3 Å². The van der Waals surface area contributed by atoms with Gasteiger partial charge in [-0.2, -0.15) is 0 Å². The molecule has 196 valence electrons. The number of β-lactam (4-membered cyclic amide) rings is 1. The molecule has 0 radical (unpaired) electrons. The lowest BCUT2D eigenvalue weighted by molar-refractivity contribution is -0.150. The van der Waals surface area contributed by atoms with Crippen LogP contribution in [0.1, 0.15) is 19.8 Å². The number of aromatic nitrogens is 3. The molecule has 0 spiro atoms. The Morgan fingerprint density at radius 2 is 1.95 bits per heavy atom. The highest BCUT2D eigenvalue weighted by Gasteiger charge is 2.54. The van der Waals surface area contributed by atoms with E-state index in [4.69, 9.17) is 0 Å². The highest BCUT2D eigenvalue weighted by atomic mass is 32.2. The van der Waals surface area contributed by atoms with E-state index in [0.29, 0.717) is 24.3 Å². The van der Waals surface area contributed by atoms with Crippen LogP contribution in [-0.4, -0.2) is 76.3 Å². The van der Waals surface area contributed by atoms with Crippen molar-refractivity contribution in [2.45, 2.75) is 47.8 Å². The first-order chi connectivity index (χ1) is 17.8. The second kappa shape index (κ2) is 12.0. The number of aromatic hydroxyl groups is 1. The Morgan fingerprint density at radius 3 is 2.65 bits per heavy atom. The van der Waals surface area contributed by atoms with Crippen LogP contribution in [0.25, 0.3) is 0 Å². The predicted molar refractivity (Wildman–Crippen MR) is 140 cm³/mol. The maximum Gasteiger partial charge on any atom is 0.352 e. The summed E-state index contributed by atoms with van der Waals surface area (Å²) in [5.74, 6) is -2.06. The van der Waals surface area contributed by atoms with Gasteiger partial charge in [0.1, 0.15) is 17.1 Å². The molecule has 37 heavy (non-hydrogen) atoms. The van der Waals surface area contributed by atoms with Crippen LogP contribution in [0.3, 0.4) is 0 Å². The molecule has 1 saturated heterocycles. The first kappa shape index (κ1) is 27.1. The number of carboxylic acids is 1. The molecule has 3 N–H and O–H groups in total. The van der Waals surface area contributed by atoms with Gasteiger partial charge in [0.15, 0.2) is 5.16 Å². The van der Waals surface area contributed by atoms with Crippen molar-refractivity contribution in [3.63, 3.8) is 0 Å². The molecule has 0 saturated carbocycles. The molecule has 2 aliphatic heterocycles. The van der Waals surface area contributed by atoms with E-state index in [1.54, 1.807) is 0 Å². The van der Waals surface area contributed by atoms with Crippen molar-refractivity contribution in [1.82, 2.24) is 25.0 Å². The van der Waals surface area contributed by atoms with Crippen LogP contribution in [0.5, 0.6) is 5.88 Å². The van der Waals surface area contributed by atoms with Gasteiger partial charge in [0, 0.05) is 22.9 Å². The monoisotopic (exact) mass is 563 g/mol. The number of benzene rings is 1. The number of carbonyl (C=O) groups is 3. The summed E-state index contributed by atoms with van der Waals surface area (Å²) in [6, 6.07) is 8.62. The standard InChI is InChI=1S/C23H25N5O6S3/c1-2-3-9-27-20(32)18(30)25-26-23(27)37-11-13-10-36-21-16(19(31)28(21)17(13)22(33)34)24-15(29)12-35-14-7-5-4-6-8-14/h4-8,16,21H,2-3,9-12H2,1H3,(H,24,29)(H,25,30)(H,33,34)/t16?,21-/m1/s1. The molecule has 11 nitrogen and oxygen atoms in total. The molecule has 0 bridgehead atoms. The van der Waals surface area contributed by atoms with Crippen molar-refractivity contribution in [2.24, 2.45) is 0 Å². The van der Waals surface area contributed by atoms with Gasteiger partial charge in [0.25, 0.3) is 11.8 Å². The van der Waals surface area contributed by atoms with Gasteiger partial charge in [0.2, 0.25) is 5.91 Å². The topological polar surface area (TPSA) is 155 Å². The fourth-order valence-electron chi connectivity index (χ4n) is 3.84. The van der Waals surface area contributed by atoms with E-state index >= 15 is 0 Å². The normalized spacial score (nSPS) is 18.8. The lowest BCUT2D eigenvalue weighted by Gasteiger charge is -2.49. The summed E-state index contributed by atoms with van der Waals surface area (Å²) in [5.41, 5.74) is -0.265. The smallest absolute Gasteiger partial charge is 0.352 e. The number of amides is 2. The average molecular weight is 564 g/mol. The van der Waals surface area contributed by atoms with Gasteiger partial charge in [-0.1, -0.05) is 43.3 Å². The van der Waals surface area contributed by atoms with Gasteiger partial charge in [-0.3, -0.25) is 23.9 Å². The number of nitrogens with one attached hydrogen (secondary N) is 1. The zero-order valence-electron chi connectivity index (χ0n) is 19.8. The van der Waals surface area contributed by atoms with Gasteiger partial charge in [-0.25, -0.2) is 4.79 Å². The molecule has 1 fully saturated rings. The number of nitrogens with zero attached hydrogens (tertiary/aromatic N) is 4. The van der Waals surface area contributed by atoms with Crippen LogP contribution in [0, 0.1) is 0 Å². The summed E-state index contributed by atoms with van der Waals surface area (Å²) in [7, 11) is 0. The van der Waals surface area contributed by atoms with Crippen LogP contribution in [-0.2, 0) is 20.9 Å². The van der Waals surface area contributed by atoms with Crippen molar-refractivity contribution in [3.8, 4) is 5.88 Å². The van der Waals surface area contributed by atoms with E-state index in [1.807, 2.05) is 37.3 Å². The average Bonchev–Trinajstić information content (AvgIpc) is 2.90. The molecule has 4 rings (SSSR count). The first-order valence-electron chi connectivity index (χ1n) is 11.5. The number of thioether (sulfide) groups is 3. The van der Waals surface area contributed by atoms with E-state index in [2.05, 4.69) is 15.5 Å². The summed E-state index contributed by atoms with van der Waals surface area (Å²) in [4.78, 5) is 51.9. The second-order valence-corrected chi connectivity index (χ2v) is 11.3. The Hall–Kier alpha value is -2.97. The third-order valence-electron chi connectivity index (χ3n) is 5.69. The number of hydrogen-bond acceptors (Lipinski definition) is 10. The molecule has 3 heterocycles. The molecule has 1 aromatic carbocycles. The maximum atomic E-state index is 12.9. The number of rotatable bonds is 11. The van der Waals surface area contributed by atoms with Gasteiger partial charge < -0.3 is 15.5 Å². The van der Waals surface area contributed by atoms with E-state index in [0.717, 1.165) is 23.1 Å². The Kier molecular flexibility index (Phi) is 8.82. The number of aliphatic carboxylic acids is 1. The Bertz CT molecular complexity index is 1290. The fourth-order valence-corrected chi connectivity index (χ4v) is 7.02. The predicted octanol–water partition coefficient (Wildman–Crippen LogP) is 1.77. The van der Waals surface area contributed by atoms with E-state index in [-0.39, 0.29) is 28.3 Å². The first-order valence-corrected chi connectivity index (χ1v) is 14.5. The quantitative estimate of drug-likeness (QED) is 0.271. The minimum absolute atomic E-state index is 0.111. The van der Waals surface area contributed by atoms with Crippen molar-refractivity contribution in [3.05, 3.63) is 52.0 Å². The fraction of sp³-hybridized carbons (Fsp3) is 0.391. The largest absolute Gasteiger partial charge is 0.488 e. The maximum absolute atomic E-state index is 12.9. The molecule has 2 amide bonds. The summed E-state index contributed by atoms with van der Waals surface area (Å²) >= 11 is 3.85. The third-order valence-corrected chi connectivity index (χ3v) is 9.09. The summed E-state index contributed by atoms with van der Waals surface area (Å²) in [5, 5.41) is 29.4. The Labute approximate surface area is 225 Å². The molecule has 1 aromatic heterocycles. The van der Waals surface area contributed by atoms with Gasteiger partial charge in [-0.15, -0.1) is 33.7 Å². The second-order valence-electron chi connectivity index (χ2n) is 8.22. The number of carboxylic acid groups (broad SMARTS) is 1. The zero-order valence-corrected chi connectivity index (χ0v) is 22.3. The molecule has 1 unspecified atom stereocenters. The van der Waals surface area contributed by atoms with Crippen molar-refractivity contribution < 1.29 is 24.6 Å². The highest BCUT2D eigenvalue weighted by molar-refractivity contribution is 8.01. The van der Waals surface area contributed by atoms with Gasteiger partial charge in [0.05, 0.1) is 5.75 Å². The minimum atomic E-state index is -1.24. The lowest BCUT2D eigenvalue weighted by Crippen LogP contribution is -2.70. The van der Waals surface area contributed by atoms with Crippen LogP contribution in [0.4, 0.5) is 0 Å². The van der Waals surface area contributed by atoms with Crippen LogP contribution in [0.15, 0.2) is 56.4 Å². The molecule has 2 aromatic rings. The summed E-state index contributed by atoms with van der Waals surface area (Å²) in [6.45, 7) is 2.31. The summed E-state index contributed by atoms with van der Waals surface area (Å²) < 4.78 is 1.32. The van der Waals surface area contributed by atoms with Crippen LogP contribution < -0.4 is 10.9 Å². The number of unbranched alkanes of at least 4 members (excludes halogenated alkanes) is 1. The van der Waals surface area contributed by atoms with Crippen molar-refractivity contribution >= 4 is 53.1 Å². The van der Waals surface area contributed by atoms with E-state index < -0.39 is 34.7 Å². The SMILES string of the molecule is CCCCn1c(SCC2=C(C(=O)O)N3C(=O)C(NC(=O)CSc4ccccc4)[C@H]3SC2)nnc(O)c1=O. The Balaban J connectivity index is 1.43.